The van der Waals surface area contributed by atoms with Crippen LogP contribution >= 0.6 is 0 Å². The molecule has 46 valence electrons. The fourth-order valence-electron chi connectivity index (χ4n) is 0.610. The Hall–Kier alpha value is -0.521. The molecule has 0 fully saturated rings. The van der Waals surface area contributed by atoms with Gasteiger partial charge in [-0.05, 0) is 0 Å². The second-order valence-corrected chi connectivity index (χ2v) is 2.88. The van der Waals surface area contributed by atoms with Crippen molar-refractivity contribution in [2.75, 3.05) is 0 Å². The molecule has 0 spiro atoms. The minimum atomic E-state index is 1.17. The zero-order chi connectivity index (χ0) is 6.69. The zero-order valence-electron chi connectivity index (χ0n) is 5.04. The first-order valence-corrected chi connectivity index (χ1v) is 3.68. The fraction of sp³-hybridized carbons (Fsp3) is 0. The van der Waals surface area contributed by atoms with E-state index in [-0.39, 0.29) is 0 Å². The Labute approximate surface area is 63.4 Å². The summed E-state index contributed by atoms with van der Waals surface area (Å²) < 4.78 is 1.23. The van der Waals surface area contributed by atoms with Crippen LogP contribution in [0.2, 0.25) is 0 Å². The average Bonchev–Trinajstić information content (AvgIpc) is 1.90. The Kier molecular flexibility index (Phi) is 2.10. The van der Waals surface area contributed by atoms with Crippen LogP contribution in [0.1, 0.15) is 5.56 Å². The van der Waals surface area contributed by atoms with Gasteiger partial charge in [-0.3, -0.25) is 0 Å². The van der Waals surface area contributed by atoms with Crippen LogP contribution in [0.4, 0.5) is 0 Å². The molecule has 1 heteroatoms. The third-order valence-electron chi connectivity index (χ3n) is 1.13. The quantitative estimate of drug-likeness (QED) is 0.566. The molecule has 0 aliphatic carbocycles. The van der Waals surface area contributed by atoms with E-state index < -0.39 is 0 Å². The Balaban J connectivity index is 3.01. The van der Waals surface area contributed by atoms with E-state index >= 15 is 0 Å². The molecule has 0 aliphatic heterocycles. The van der Waals surface area contributed by atoms with Crippen molar-refractivity contribution in [3.05, 3.63) is 36.4 Å². The van der Waals surface area contributed by atoms with Gasteiger partial charge >= 0.3 is 63.0 Å². The van der Waals surface area contributed by atoms with Gasteiger partial charge in [0.2, 0.25) is 0 Å². The van der Waals surface area contributed by atoms with Gasteiger partial charge in [-0.15, -0.1) is 0 Å². The molecular formula is C8H8Se. The maximum absolute atomic E-state index is 3.66. The van der Waals surface area contributed by atoms with Gasteiger partial charge in [0.25, 0.3) is 0 Å². The molecule has 1 aromatic rings. The van der Waals surface area contributed by atoms with Crippen molar-refractivity contribution in [3.8, 4) is 0 Å². The topological polar surface area (TPSA) is 0 Å². The van der Waals surface area contributed by atoms with Crippen LogP contribution in [0.15, 0.2) is 30.8 Å². The molecule has 0 N–H and O–H groups in total. The van der Waals surface area contributed by atoms with E-state index in [9.17, 15) is 0 Å². The van der Waals surface area contributed by atoms with Gasteiger partial charge < -0.3 is 0 Å². The van der Waals surface area contributed by atoms with Crippen LogP contribution in [0, 0.1) is 0 Å². The molecule has 0 saturated carbocycles. The van der Waals surface area contributed by atoms with Crippen LogP contribution < -0.4 is 4.46 Å². The van der Waals surface area contributed by atoms with Crippen molar-refractivity contribution in [3.63, 3.8) is 0 Å². The van der Waals surface area contributed by atoms with E-state index in [1.165, 1.54) is 10.0 Å². The average molecular weight is 183 g/mol. The van der Waals surface area contributed by atoms with Gasteiger partial charge in [-0.1, -0.05) is 0 Å². The van der Waals surface area contributed by atoms with Crippen LogP contribution in [0.25, 0.3) is 6.08 Å². The first kappa shape index (κ1) is 6.60. The van der Waals surface area contributed by atoms with E-state index in [0.717, 1.165) is 0 Å². The van der Waals surface area contributed by atoms with E-state index in [1.54, 1.807) is 0 Å². The second-order valence-electron chi connectivity index (χ2n) is 1.80. The van der Waals surface area contributed by atoms with E-state index in [4.69, 9.17) is 0 Å². The molecule has 9 heavy (non-hydrogen) atoms. The monoisotopic (exact) mass is 184 g/mol. The third-order valence-corrected chi connectivity index (χ3v) is 1.75. The van der Waals surface area contributed by atoms with E-state index in [1.807, 2.05) is 18.2 Å². The summed E-state index contributed by atoms with van der Waals surface area (Å²) in [7, 11) is 0. The van der Waals surface area contributed by atoms with Crippen molar-refractivity contribution < 1.29 is 0 Å². The van der Waals surface area contributed by atoms with Crippen LogP contribution in [0.5, 0.6) is 0 Å². The SMILES string of the molecule is C=Cc1ccc([SeH])cc1. The molecule has 0 atom stereocenters. The predicted molar refractivity (Wildman–Crippen MR) is 43.3 cm³/mol. The molecule has 0 aliphatic rings. The Morgan fingerprint density at radius 1 is 1.22 bits per heavy atom. The number of rotatable bonds is 1. The summed E-state index contributed by atoms with van der Waals surface area (Å²) in [6.45, 7) is 3.66. The molecule has 1 aromatic carbocycles. The van der Waals surface area contributed by atoms with E-state index in [2.05, 4.69) is 34.7 Å². The summed E-state index contributed by atoms with van der Waals surface area (Å²) in [5.74, 6) is 0. The van der Waals surface area contributed by atoms with Crippen molar-refractivity contribution in [1.29, 1.82) is 0 Å². The summed E-state index contributed by atoms with van der Waals surface area (Å²) in [5.41, 5.74) is 1.17. The number of hydrogen-bond donors (Lipinski definition) is 0. The van der Waals surface area contributed by atoms with Gasteiger partial charge in [0.05, 0.1) is 0 Å². The Morgan fingerprint density at radius 3 is 2.22 bits per heavy atom. The molecule has 0 bridgehead atoms. The van der Waals surface area contributed by atoms with Crippen molar-refractivity contribution in [1.82, 2.24) is 0 Å². The van der Waals surface area contributed by atoms with Gasteiger partial charge in [-0.25, -0.2) is 0 Å². The summed E-state index contributed by atoms with van der Waals surface area (Å²) in [4.78, 5) is 0. The third kappa shape index (κ3) is 1.70. The summed E-state index contributed by atoms with van der Waals surface area (Å²) in [6, 6.07) is 8.19. The Morgan fingerprint density at radius 2 is 1.78 bits per heavy atom. The molecule has 0 radical (unpaired) electrons. The molecular weight excluding hydrogens is 175 g/mol. The molecule has 0 aromatic heterocycles. The molecule has 0 heterocycles. The standard InChI is InChI=1S/C8H8Se/c1-2-7-3-5-8(9)6-4-7/h2-6,9H,1H2. The molecule has 0 unspecified atom stereocenters. The first-order chi connectivity index (χ1) is 4.33. The molecule has 1 rings (SSSR count). The van der Waals surface area contributed by atoms with Gasteiger partial charge in [0, 0.05) is 0 Å². The van der Waals surface area contributed by atoms with Crippen molar-refractivity contribution in [2.24, 2.45) is 0 Å². The maximum atomic E-state index is 3.66. The molecule has 0 saturated heterocycles. The van der Waals surface area contributed by atoms with Crippen LogP contribution in [0.3, 0.4) is 0 Å². The van der Waals surface area contributed by atoms with Crippen molar-refractivity contribution >= 4 is 26.6 Å². The van der Waals surface area contributed by atoms with Gasteiger partial charge in [0.1, 0.15) is 0 Å². The Bertz CT molecular complexity index is 198. The fourth-order valence-corrected chi connectivity index (χ4v) is 0.923. The van der Waals surface area contributed by atoms with Gasteiger partial charge in [0.15, 0.2) is 0 Å². The minimum absolute atomic E-state index is 1.17. The second kappa shape index (κ2) is 2.86. The zero-order valence-corrected chi connectivity index (χ0v) is 6.92. The summed E-state index contributed by atoms with van der Waals surface area (Å²) >= 11 is 2.50. The summed E-state index contributed by atoms with van der Waals surface area (Å²) in [5, 5.41) is 0. The number of benzene rings is 1. The van der Waals surface area contributed by atoms with Crippen LogP contribution in [-0.4, -0.2) is 16.0 Å². The van der Waals surface area contributed by atoms with Gasteiger partial charge in [-0.2, -0.15) is 0 Å². The van der Waals surface area contributed by atoms with Crippen LogP contribution in [-0.2, 0) is 0 Å². The summed E-state index contributed by atoms with van der Waals surface area (Å²) in [6.07, 6.45) is 1.84. The number of hydrogen-bond acceptors (Lipinski definition) is 0. The van der Waals surface area contributed by atoms with E-state index in [0.29, 0.717) is 0 Å². The molecule has 0 amide bonds. The normalized spacial score (nSPS) is 9.00. The first-order valence-electron chi connectivity index (χ1n) is 2.74. The molecule has 0 nitrogen and oxygen atoms in total. The van der Waals surface area contributed by atoms with Crippen molar-refractivity contribution in [2.45, 2.75) is 0 Å². The predicted octanol–water partition coefficient (Wildman–Crippen LogP) is 0.856.